The first-order valence-corrected chi connectivity index (χ1v) is 7.85. The van der Waals surface area contributed by atoms with Crippen molar-refractivity contribution < 1.29 is 13.9 Å². The average Bonchev–Trinajstić information content (AvgIpc) is 2.48. The van der Waals surface area contributed by atoms with E-state index in [1.807, 2.05) is 24.3 Å². The molecule has 0 atom stereocenters. The van der Waals surface area contributed by atoms with Crippen molar-refractivity contribution in [2.75, 3.05) is 7.11 Å². The number of halogens is 3. The molecule has 0 saturated carbocycles. The number of hydrogen-bond acceptors (Lipinski definition) is 2. The molecule has 0 radical (unpaired) electrons. The smallest absolute Gasteiger partial charge is 0.137 e. The van der Waals surface area contributed by atoms with Gasteiger partial charge in [-0.3, -0.25) is 0 Å². The van der Waals surface area contributed by atoms with Gasteiger partial charge in [0.25, 0.3) is 0 Å². The molecular formula is C15H13Br2FO2. The minimum absolute atomic E-state index is 0.290. The van der Waals surface area contributed by atoms with E-state index < -0.39 is 0 Å². The lowest BCUT2D eigenvalue weighted by Crippen LogP contribution is -2.00. The quantitative estimate of drug-likeness (QED) is 0.648. The Morgan fingerprint density at radius 2 is 1.95 bits per heavy atom. The summed E-state index contributed by atoms with van der Waals surface area (Å²) in [5.74, 6) is 1.24. The van der Waals surface area contributed by atoms with E-state index in [9.17, 15) is 4.39 Å². The summed E-state index contributed by atoms with van der Waals surface area (Å²) in [6.45, 7) is 0.296. The molecule has 0 aromatic heterocycles. The third-order valence-corrected chi connectivity index (χ3v) is 4.32. The van der Waals surface area contributed by atoms with Crippen LogP contribution < -0.4 is 9.47 Å². The Labute approximate surface area is 134 Å². The Morgan fingerprint density at radius 3 is 2.65 bits per heavy atom. The maximum Gasteiger partial charge on any atom is 0.137 e. The maximum atomic E-state index is 13.4. The Balaban J connectivity index is 2.16. The summed E-state index contributed by atoms with van der Waals surface area (Å²) in [4.78, 5) is 0. The Morgan fingerprint density at radius 1 is 1.15 bits per heavy atom. The summed E-state index contributed by atoms with van der Waals surface area (Å²) in [6.07, 6.45) is 0. The minimum Gasteiger partial charge on any atom is -0.497 e. The molecule has 0 heterocycles. The predicted molar refractivity (Wildman–Crippen MR) is 84.1 cm³/mol. The average molecular weight is 404 g/mol. The van der Waals surface area contributed by atoms with Crippen molar-refractivity contribution in [2.24, 2.45) is 0 Å². The number of benzene rings is 2. The minimum atomic E-state index is -0.290. The van der Waals surface area contributed by atoms with E-state index in [4.69, 9.17) is 9.47 Å². The molecule has 0 N–H and O–H groups in total. The second-order valence-corrected chi connectivity index (χ2v) is 5.46. The van der Waals surface area contributed by atoms with Crippen molar-refractivity contribution in [2.45, 2.75) is 11.9 Å². The van der Waals surface area contributed by atoms with Crippen molar-refractivity contribution in [1.29, 1.82) is 0 Å². The van der Waals surface area contributed by atoms with E-state index in [-0.39, 0.29) is 5.82 Å². The van der Waals surface area contributed by atoms with Crippen LogP contribution in [0, 0.1) is 5.82 Å². The van der Waals surface area contributed by atoms with Gasteiger partial charge in [-0.15, -0.1) is 0 Å². The summed E-state index contributed by atoms with van der Waals surface area (Å²) >= 11 is 6.65. The first-order valence-electron chi connectivity index (χ1n) is 5.94. The number of rotatable bonds is 5. The SMILES string of the molecule is COc1ccc(OCc2cccc(F)c2Br)c(CBr)c1. The van der Waals surface area contributed by atoms with Crippen LogP contribution in [0.3, 0.4) is 0 Å². The fraction of sp³-hybridized carbons (Fsp3) is 0.200. The van der Waals surface area contributed by atoms with E-state index in [0.717, 1.165) is 22.6 Å². The van der Waals surface area contributed by atoms with Crippen molar-refractivity contribution in [3.63, 3.8) is 0 Å². The van der Waals surface area contributed by atoms with E-state index in [2.05, 4.69) is 31.9 Å². The Hall–Kier alpha value is -1.07. The molecule has 2 aromatic rings. The zero-order chi connectivity index (χ0) is 14.5. The highest BCUT2D eigenvalue weighted by atomic mass is 79.9. The first kappa shape index (κ1) is 15.3. The van der Waals surface area contributed by atoms with Gasteiger partial charge in [-0.05, 0) is 40.2 Å². The molecule has 0 unspecified atom stereocenters. The Bertz CT molecular complexity index is 602. The topological polar surface area (TPSA) is 18.5 Å². The molecule has 2 aromatic carbocycles. The van der Waals surface area contributed by atoms with Crippen LogP contribution in [0.5, 0.6) is 11.5 Å². The highest BCUT2D eigenvalue weighted by Gasteiger charge is 2.08. The summed E-state index contributed by atoms with van der Waals surface area (Å²) in [7, 11) is 1.62. The third-order valence-electron chi connectivity index (χ3n) is 2.83. The normalized spacial score (nSPS) is 10.4. The van der Waals surface area contributed by atoms with Crippen LogP contribution in [0.15, 0.2) is 40.9 Å². The van der Waals surface area contributed by atoms with Crippen LogP contribution in [0.2, 0.25) is 0 Å². The fourth-order valence-electron chi connectivity index (χ4n) is 1.74. The molecule has 0 amide bonds. The van der Waals surface area contributed by atoms with E-state index in [1.165, 1.54) is 6.07 Å². The molecule has 0 bridgehead atoms. The van der Waals surface area contributed by atoms with E-state index >= 15 is 0 Å². The molecule has 106 valence electrons. The number of methoxy groups -OCH3 is 1. The second kappa shape index (κ2) is 7.09. The van der Waals surface area contributed by atoms with Crippen LogP contribution >= 0.6 is 31.9 Å². The molecule has 5 heteroatoms. The number of alkyl halides is 1. The van der Waals surface area contributed by atoms with Gasteiger partial charge in [-0.2, -0.15) is 0 Å². The van der Waals surface area contributed by atoms with Crippen molar-refractivity contribution in [1.82, 2.24) is 0 Å². The lowest BCUT2D eigenvalue weighted by molar-refractivity contribution is 0.301. The molecule has 0 aliphatic heterocycles. The highest BCUT2D eigenvalue weighted by molar-refractivity contribution is 9.10. The molecule has 0 aliphatic rings. The van der Waals surface area contributed by atoms with Gasteiger partial charge in [0, 0.05) is 16.5 Å². The second-order valence-electron chi connectivity index (χ2n) is 4.11. The van der Waals surface area contributed by atoms with Crippen LogP contribution in [0.1, 0.15) is 11.1 Å². The largest absolute Gasteiger partial charge is 0.497 e. The Kier molecular flexibility index (Phi) is 5.43. The van der Waals surface area contributed by atoms with Gasteiger partial charge in [0.15, 0.2) is 0 Å². The maximum absolute atomic E-state index is 13.4. The lowest BCUT2D eigenvalue weighted by Gasteiger charge is -2.12. The van der Waals surface area contributed by atoms with Crippen LogP contribution in [0.4, 0.5) is 4.39 Å². The van der Waals surface area contributed by atoms with Gasteiger partial charge in [-0.25, -0.2) is 4.39 Å². The summed E-state index contributed by atoms with van der Waals surface area (Å²) in [5.41, 5.74) is 1.75. The standard InChI is InChI=1S/C15H13Br2FO2/c1-19-12-5-6-14(11(7-12)8-16)20-9-10-3-2-4-13(18)15(10)17/h2-7H,8-9H2,1H3. The predicted octanol–water partition coefficient (Wildman–Crippen LogP) is 5.07. The summed E-state index contributed by atoms with van der Waals surface area (Å²) in [5, 5.41) is 0.657. The van der Waals surface area contributed by atoms with Gasteiger partial charge in [-0.1, -0.05) is 28.1 Å². The van der Waals surface area contributed by atoms with E-state index in [0.29, 0.717) is 16.4 Å². The number of hydrogen-bond donors (Lipinski definition) is 0. The summed E-state index contributed by atoms with van der Waals surface area (Å²) in [6, 6.07) is 10.5. The molecule has 2 nitrogen and oxygen atoms in total. The molecule has 2 rings (SSSR count). The first-order chi connectivity index (χ1) is 9.65. The molecule has 0 saturated heterocycles. The summed E-state index contributed by atoms with van der Waals surface area (Å²) < 4.78 is 24.8. The number of ether oxygens (including phenoxy) is 2. The zero-order valence-electron chi connectivity index (χ0n) is 10.8. The molecule has 20 heavy (non-hydrogen) atoms. The lowest BCUT2D eigenvalue weighted by atomic mass is 10.2. The van der Waals surface area contributed by atoms with Crippen LogP contribution in [-0.4, -0.2) is 7.11 Å². The fourth-order valence-corrected chi connectivity index (χ4v) is 2.56. The van der Waals surface area contributed by atoms with Gasteiger partial charge in [0.05, 0.1) is 11.6 Å². The van der Waals surface area contributed by atoms with Crippen molar-refractivity contribution in [3.05, 3.63) is 57.8 Å². The van der Waals surface area contributed by atoms with Gasteiger partial charge >= 0.3 is 0 Å². The molecule has 0 spiro atoms. The molecule has 0 fully saturated rings. The van der Waals surface area contributed by atoms with Crippen LogP contribution in [-0.2, 0) is 11.9 Å². The molecule has 0 aliphatic carbocycles. The van der Waals surface area contributed by atoms with E-state index in [1.54, 1.807) is 13.2 Å². The monoisotopic (exact) mass is 402 g/mol. The highest BCUT2D eigenvalue weighted by Crippen LogP contribution is 2.28. The van der Waals surface area contributed by atoms with Gasteiger partial charge in [0.2, 0.25) is 0 Å². The molecular weight excluding hydrogens is 391 g/mol. The zero-order valence-corrected chi connectivity index (χ0v) is 14.0. The van der Waals surface area contributed by atoms with Gasteiger partial charge in [0.1, 0.15) is 23.9 Å². The van der Waals surface area contributed by atoms with Crippen molar-refractivity contribution >= 4 is 31.9 Å². The van der Waals surface area contributed by atoms with Gasteiger partial charge < -0.3 is 9.47 Å². The van der Waals surface area contributed by atoms with Crippen LogP contribution in [0.25, 0.3) is 0 Å². The third kappa shape index (κ3) is 3.52. The van der Waals surface area contributed by atoms with Crippen molar-refractivity contribution in [3.8, 4) is 11.5 Å².